The third kappa shape index (κ3) is 3.74. The van der Waals surface area contributed by atoms with Crippen LogP contribution >= 0.6 is 0 Å². The van der Waals surface area contributed by atoms with Gasteiger partial charge >= 0.3 is 0 Å². The van der Waals surface area contributed by atoms with Gasteiger partial charge in [0, 0.05) is 19.5 Å². The van der Waals surface area contributed by atoms with Gasteiger partial charge in [0.25, 0.3) is 5.91 Å². The van der Waals surface area contributed by atoms with Crippen LogP contribution in [0.4, 0.5) is 5.69 Å². The van der Waals surface area contributed by atoms with Crippen LogP contribution in [0.1, 0.15) is 40.7 Å². The maximum absolute atomic E-state index is 13.2. The highest BCUT2D eigenvalue weighted by Crippen LogP contribution is 2.40. The van der Waals surface area contributed by atoms with Gasteiger partial charge in [-0.1, -0.05) is 29.8 Å². The van der Waals surface area contributed by atoms with Crippen molar-refractivity contribution in [1.82, 2.24) is 15.3 Å². The van der Waals surface area contributed by atoms with Gasteiger partial charge in [0.15, 0.2) is 0 Å². The van der Waals surface area contributed by atoms with Crippen molar-refractivity contribution in [2.45, 2.75) is 25.8 Å². The van der Waals surface area contributed by atoms with Crippen molar-refractivity contribution in [3.05, 3.63) is 83.4 Å². The van der Waals surface area contributed by atoms with Crippen LogP contribution in [0, 0.1) is 6.92 Å². The molecule has 2 amide bonds. The molecule has 0 fully saturated rings. The van der Waals surface area contributed by atoms with Crippen LogP contribution in [0.2, 0.25) is 0 Å². The molecule has 7 nitrogen and oxygen atoms in total. The van der Waals surface area contributed by atoms with Gasteiger partial charge in [-0.2, -0.15) is 0 Å². The molecule has 0 unspecified atom stereocenters. The molecule has 0 spiro atoms. The monoisotopic (exact) mass is 402 g/mol. The number of hydrogen-bond acceptors (Lipinski definition) is 5. The average molecular weight is 402 g/mol. The molecule has 1 aliphatic rings. The minimum atomic E-state index is -0.836. The maximum atomic E-state index is 13.2. The number of ether oxygens (including phenoxy) is 1. The van der Waals surface area contributed by atoms with Crippen molar-refractivity contribution >= 4 is 17.5 Å². The van der Waals surface area contributed by atoms with Gasteiger partial charge in [-0.3, -0.25) is 14.6 Å². The molecule has 2 N–H and O–H groups in total. The van der Waals surface area contributed by atoms with E-state index >= 15 is 0 Å². The Labute approximate surface area is 174 Å². The van der Waals surface area contributed by atoms with E-state index < -0.39 is 5.54 Å². The van der Waals surface area contributed by atoms with Gasteiger partial charge < -0.3 is 15.4 Å². The standard InChI is InChI=1S/C23H22N4O3/c1-15-5-7-17(8-6-15)23(11-13-30-20-4-3-12-24-21(20)23)27-22(29)19-10-9-18(14-25-19)26-16(2)28/h3-10,12,14H,11,13H2,1-2H3,(H,26,28)(H,27,29)/t23-/m0/s1. The van der Waals surface area contributed by atoms with Crippen LogP contribution in [0.25, 0.3) is 0 Å². The summed E-state index contributed by atoms with van der Waals surface area (Å²) in [7, 11) is 0. The smallest absolute Gasteiger partial charge is 0.270 e. The number of fused-ring (bicyclic) bond motifs is 1. The van der Waals surface area contributed by atoms with Crippen molar-refractivity contribution in [2.75, 3.05) is 11.9 Å². The van der Waals surface area contributed by atoms with Crippen LogP contribution in [0.3, 0.4) is 0 Å². The van der Waals surface area contributed by atoms with Crippen LogP contribution in [0.15, 0.2) is 60.9 Å². The highest BCUT2D eigenvalue weighted by atomic mass is 16.5. The first kappa shape index (κ1) is 19.6. The molecular formula is C23H22N4O3. The summed E-state index contributed by atoms with van der Waals surface area (Å²) in [6.07, 6.45) is 3.70. The second kappa shape index (κ2) is 7.94. The lowest BCUT2D eigenvalue weighted by Crippen LogP contribution is -2.50. The molecule has 7 heteroatoms. The van der Waals surface area contributed by atoms with E-state index in [0.717, 1.165) is 11.1 Å². The third-order valence-corrected chi connectivity index (χ3v) is 5.10. The van der Waals surface area contributed by atoms with Gasteiger partial charge in [0.2, 0.25) is 5.91 Å². The fourth-order valence-electron chi connectivity index (χ4n) is 3.64. The van der Waals surface area contributed by atoms with Crippen LogP contribution < -0.4 is 15.4 Å². The predicted molar refractivity (Wildman–Crippen MR) is 112 cm³/mol. The lowest BCUT2D eigenvalue weighted by atomic mass is 9.81. The predicted octanol–water partition coefficient (Wildman–Crippen LogP) is 3.20. The van der Waals surface area contributed by atoms with Gasteiger partial charge in [-0.15, -0.1) is 0 Å². The Morgan fingerprint density at radius 1 is 1.07 bits per heavy atom. The normalized spacial score (nSPS) is 17.4. The van der Waals surface area contributed by atoms with Gasteiger partial charge in [-0.05, 0) is 36.8 Å². The van der Waals surface area contributed by atoms with Crippen molar-refractivity contribution in [3.8, 4) is 5.75 Å². The molecule has 2 aromatic heterocycles. The Bertz CT molecular complexity index is 1080. The summed E-state index contributed by atoms with van der Waals surface area (Å²) in [4.78, 5) is 33.1. The second-order valence-electron chi connectivity index (χ2n) is 7.29. The summed E-state index contributed by atoms with van der Waals surface area (Å²) in [5.74, 6) is 0.124. The number of carbonyl (C=O) groups is 2. The number of nitrogens with zero attached hydrogens (tertiary/aromatic N) is 2. The largest absolute Gasteiger partial charge is 0.491 e. The van der Waals surface area contributed by atoms with E-state index in [-0.39, 0.29) is 17.5 Å². The lowest BCUT2D eigenvalue weighted by Gasteiger charge is -2.39. The number of aryl methyl sites for hydroxylation is 1. The summed E-state index contributed by atoms with van der Waals surface area (Å²) in [5.41, 5.74) is 2.68. The Morgan fingerprint density at radius 2 is 1.87 bits per heavy atom. The molecule has 4 rings (SSSR count). The fraction of sp³-hybridized carbons (Fsp3) is 0.217. The Morgan fingerprint density at radius 3 is 2.57 bits per heavy atom. The summed E-state index contributed by atoms with van der Waals surface area (Å²) in [6.45, 7) is 3.88. The molecule has 0 saturated heterocycles. The second-order valence-corrected chi connectivity index (χ2v) is 7.29. The molecule has 1 atom stereocenters. The molecule has 0 saturated carbocycles. The number of hydrogen-bond donors (Lipinski definition) is 2. The summed E-state index contributed by atoms with van der Waals surface area (Å²) in [6, 6.07) is 15.0. The van der Waals surface area contributed by atoms with Crippen molar-refractivity contribution in [2.24, 2.45) is 0 Å². The zero-order valence-electron chi connectivity index (χ0n) is 16.8. The van der Waals surface area contributed by atoms with Crippen LogP contribution in [-0.2, 0) is 10.3 Å². The molecule has 3 aromatic rings. The first-order chi connectivity index (χ1) is 14.5. The SMILES string of the molecule is CC(=O)Nc1ccc(C(=O)N[C@]2(c3ccc(C)cc3)CCOc3cccnc32)nc1. The Hall–Kier alpha value is -3.74. The zero-order valence-corrected chi connectivity index (χ0v) is 16.8. The van der Waals surface area contributed by atoms with E-state index in [1.807, 2.05) is 43.3 Å². The van der Waals surface area contributed by atoms with Crippen molar-refractivity contribution < 1.29 is 14.3 Å². The van der Waals surface area contributed by atoms with E-state index in [4.69, 9.17) is 4.74 Å². The number of pyridine rings is 2. The molecule has 0 aliphatic carbocycles. The van der Waals surface area contributed by atoms with E-state index in [9.17, 15) is 9.59 Å². The van der Waals surface area contributed by atoms with E-state index in [0.29, 0.717) is 30.2 Å². The fourth-order valence-corrected chi connectivity index (χ4v) is 3.64. The molecule has 0 radical (unpaired) electrons. The topological polar surface area (TPSA) is 93.2 Å². The minimum absolute atomic E-state index is 0.197. The number of anilines is 1. The van der Waals surface area contributed by atoms with E-state index in [1.54, 1.807) is 18.3 Å². The molecule has 3 heterocycles. The van der Waals surface area contributed by atoms with Gasteiger partial charge in [-0.25, -0.2) is 4.98 Å². The number of aromatic nitrogens is 2. The van der Waals surface area contributed by atoms with Gasteiger partial charge in [0.1, 0.15) is 22.7 Å². The number of carbonyl (C=O) groups excluding carboxylic acids is 2. The molecular weight excluding hydrogens is 380 g/mol. The summed E-state index contributed by atoms with van der Waals surface area (Å²) in [5, 5.41) is 5.81. The first-order valence-electron chi connectivity index (χ1n) is 9.69. The number of benzene rings is 1. The molecule has 1 aromatic carbocycles. The molecule has 30 heavy (non-hydrogen) atoms. The highest BCUT2D eigenvalue weighted by Gasteiger charge is 2.42. The third-order valence-electron chi connectivity index (χ3n) is 5.10. The number of nitrogens with one attached hydrogen (secondary N) is 2. The van der Waals surface area contributed by atoms with Crippen LogP contribution in [-0.4, -0.2) is 28.4 Å². The molecule has 152 valence electrons. The van der Waals surface area contributed by atoms with Crippen molar-refractivity contribution in [1.29, 1.82) is 0 Å². The Kier molecular flexibility index (Phi) is 5.18. The quantitative estimate of drug-likeness (QED) is 0.699. The summed E-state index contributed by atoms with van der Waals surface area (Å²) < 4.78 is 5.79. The average Bonchev–Trinajstić information content (AvgIpc) is 2.74. The van der Waals surface area contributed by atoms with E-state index in [2.05, 4.69) is 20.6 Å². The van der Waals surface area contributed by atoms with Crippen LogP contribution in [0.5, 0.6) is 5.75 Å². The minimum Gasteiger partial charge on any atom is -0.491 e. The number of amides is 2. The van der Waals surface area contributed by atoms with Gasteiger partial charge in [0.05, 0.1) is 18.5 Å². The maximum Gasteiger partial charge on any atom is 0.270 e. The Balaban J connectivity index is 1.72. The zero-order chi connectivity index (χ0) is 21.1. The summed E-state index contributed by atoms with van der Waals surface area (Å²) >= 11 is 0. The number of rotatable bonds is 4. The van der Waals surface area contributed by atoms with Crippen molar-refractivity contribution in [3.63, 3.8) is 0 Å². The highest BCUT2D eigenvalue weighted by molar-refractivity contribution is 5.94. The van der Waals surface area contributed by atoms with E-state index in [1.165, 1.54) is 13.1 Å². The first-order valence-corrected chi connectivity index (χ1v) is 9.69. The molecule has 1 aliphatic heterocycles. The lowest BCUT2D eigenvalue weighted by molar-refractivity contribution is -0.114. The molecule has 0 bridgehead atoms.